The maximum Gasteiger partial charge on any atom is 0.414 e. The van der Waals surface area contributed by atoms with Crippen molar-refractivity contribution < 1.29 is 34.8 Å². The average Bonchev–Trinajstić information content (AvgIpc) is 2.12. The average molecular weight is 306 g/mol. The summed E-state index contributed by atoms with van der Waals surface area (Å²) in [6.07, 6.45) is -11.9. The zero-order chi connectivity index (χ0) is 15.1. The number of halogens is 6. The Bertz CT molecular complexity index is 527. The zero-order valence-electron chi connectivity index (χ0n) is 9.38. The number of aryl methyl sites for hydroxylation is 1. The second-order valence-electron chi connectivity index (χ2n) is 3.82. The quantitative estimate of drug-likeness (QED) is 0.786. The largest absolute Gasteiger partial charge is 0.414 e. The molecule has 9 heteroatoms. The van der Waals surface area contributed by atoms with E-state index in [9.17, 15) is 34.8 Å². The minimum Gasteiger partial charge on any atom is -0.223 e. The van der Waals surface area contributed by atoms with Gasteiger partial charge in [-0.05, 0) is 19.1 Å². The van der Waals surface area contributed by atoms with Gasteiger partial charge in [0.05, 0.1) is 4.90 Å². The van der Waals surface area contributed by atoms with E-state index in [0.717, 1.165) is 24.3 Å². The van der Waals surface area contributed by atoms with Gasteiger partial charge in [-0.15, -0.1) is 0 Å². The fraction of sp³-hybridized carbons (Fsp3) is 0.400. The van der Waals surface area contributed by atoms with E-state index in [1.165, 1.54) is 6.92 Å². The Labute approximate surface area is 105 Å². The summed E-state index contributed by atoms with van der Waals surface area (Å²) >= 11 is 0. The van der Waals surface area contributed by atoms with Crippen LogP contribution < -0.4 is 0 Å². The van der Waals surface area contributed by atoms with Crippen molar-refractivity contribution >= 4 is 9.84 Å². The molecule has 0 aliphatic heterocycles. The van der Waals surface area contributed by atoms with Crippen molar-refractivity contribution in [2.75, 3.05) is 0 Å². The van der Waals surface area contributed by atoms with Crippen molar-refractivity contribution in [3.63, 3.8) is 0 Å². The lowest BCUT2D eigenvalue weighted by molar-refractivity contribution is -0.226. The SMILES string of the molecule is Cc1ccc(S(=O)(=O)C(C(F)(F)F)C(F)(F)F)cc1. The Morgan fingerprint density at radius 1 is 0.895 bits per heavy atom. The van der Waals surface area contributed by atoms with Gasteiger partial charge in [0.1, 0.15) is 0 Å². The molecule has 1 aromatic rings. The van der Waals surface area contributed by atoms with Crippen LogP contribution in [0, 0.1) is 6.92 Å². The minimum atomic E-state index is -5.93. The molecule has 0 bridgehead atoms. The topological polar surface area (TPSA) is 34.1 Å². The number of benzene rings is 1. The van der Waals surface area contributed by atoms with E-state index in [1.807, 2.05) is 0 Å². The van der Waals surface area contributed by atoms with Gasteiger partial charge in [-0.2, -0.15) is 26.3 Å². The molecule has 0 saturated carbocycles. The van der Waals surface area contributed by atoms with Crippen molar-refractivity contribution in [1.82, 2.24) is 0 Å². The fourth-order valence-corrected chi connectivity index (χ4v) is 2.89. The van der Waals surface area contributed by atoms with Gasteiger partial charge in [0.25, 0.3) is 5.25 Å². The second-order valence-corrected chi connectivity index (χ2v) is 5.85. The molecular formula is C10H8F6O2S. The minimum absolute atomic E-state index is 0.509. The van der Waals surface area contributed by atoms with Gasteiger partial charge in [-0.1, -0.05) is 17.7 Å². The van der Waals surface area contributed by atoms with Crippen LogP contribution in [0.1, 0.15) is 5.56 Å². The van der Waals surface area contributed by atoms with Crippen LogP contribution in [0.4, 0.5) is 26.3 Å². The van der Waals surface area contributed by atoms with Gasteiger partial charge in [-0.3, -0.25) is 0 Å². The first-order valence-electron chi connectivity index (χ1n) is 4.81. The summed E-state index contributed by atoms with van der Waals surface area (Å²) in [5.41, 5.74) is 0.509. The molecule has 1 aromatic carbocycles. The second kappa shape index (κ2) is 4.69. The van der Waals surface area contributed by atoms with Gasteiger partial charge < -0.3 is 0 Å². The van der Waals surface area contributed by atoms with E-state index in [2.05, 4.69) is 0 Å². The number of alkyl halides is 6. The third kappa shape index (κ3) is 3.40. The molecule has 0 spiro atoms. The van der Waals surface area contributed by atoms with Crippen LogP contribution in [-0.2, 0) is 9.84 Å². The van der Waals surface area contributed by atoms with Crippen molar-refractivity contribution in [3.8, 4) is 0 Å². The van der Waals surface area contributed by atoms with Crippen molar-refractivity contribution in [3.05, 3.63) is 29.8 Å². The Hall–Kier alpha value is -1.25. The van der Waals surface area contributed by atoms with E-state index in [-0.39, 0.29) is 0 Å². The molecule has 19 heavy (non-hydrogen) atoms. The lowest BCUT2D eigenvalue weighted by Crippen LogP contribution is -2.48. The zero-order valence-corrected chi connectivity index (χ0v) is 10.2. The molecule has 0 aromatic heterocycles. The standard InChI is InChI=1S/C10H8F6O2S/c1-6-2-4-7(5-3-6)19(17,18)8(9(11,12)13)10(14,15)16/h2-5,8H,1H3. The van der Waals surface area contributed by atoms with Gasteiger partial charge >= 0.3 is 12.4 Å². The fourth-order valence-electron chi connectivity index (χ4n) is 1.40. The Balaban J connectivity index is 3.41. The highest BCUT2D eigenvalue weighted by molar-refractivity contribution is 7.92. The Morgan fingerprint density at radius 3 is 1.58 bits per heavy atom. The molecule has 0 atom stereocenters. The van der Waals surface area contributed by atoms with Crippen LogP contribution in [0.15, 0.2) is 29.2 Å². The molecule has 0 aliphatic rings. The van der Waals surface area contributed by atoms with Crippen LogP contribution in [-0.4, -0.2) is 26.0 Å². The monoisotopic (exact) mass is 306 g/mol. The highest BCUT2D eigenvalue weighted by atomic mass is 32.2. The highest BCUT2D eigenvalue weighted by Crippen LogP contribution is 2.40. The van der Waals surface area contributed by atoms with Crippen LogP contribution >= 0.6 is 0 Å². The lowest BCUT2D eigenvalue weighted by Gasteiger charge is -2.22. The predicted octanol–water partition coefficient (Wildman–Crippen LogP) is 3.26. The van der Waals surface area contributed by atoms with Gasteiger partial charge in [0.2, 0.25) is 0 Å². The summed E-state index contributed by atoms with van der Waals surface area (Å²) in [5, 5.41) is -4.42. The first-order chi connectivity index (χ1) is 8.37. The van der Waals surface area contributed by atoms with Crippen molar-refractivity contribution in [2.45, 2.75) is 29.4 Å². The number of rotatable bonds is 2. The summed E-state index contributed by atoms with van der Waals surface area (Å²) in [6, 6.07) is 3.68. The maximum atomic E-state index is 12.4. The molecule has 0 unspecified atom stereocenters. The molecule has 2 nitrogen and oxygen atoms in total. The van der Waals surface area contributed by atoms with Crippen LogP contribution in [0.5, 0.6) is 0 Å². The summed E-state index contributed by atoms with van der Waals surface area (Å²) in [4.78, 5) is -1.02. The maximum absolute atomic E-state index is 12.4. The Morgan fingerprint density at radius 2 is 1.26 bits per heavy atom. The van der Waals surface area contributed by atoms with E-state index in [4.69, 9.17) is 0 Å². The van der Waals surface area contributed by atoms with Crippen molar-refractivity contribution in [1.29, 1.82) is 0 Å². The van der Waals surface area contributed by atoms with Crippen molar-refractivity contribution in [2.24, 2.45) is 0 Å². The molecule has 0 radical (unpaired) electrons. The van der Waals surface area contributed by atoms with Gasteiger partial charge in [-0.25, -0.2) is 8.42 Å². The Kier molecular flexibility index (Phi) is 3.91. The van der Waals surface area contributed by atoms with E-state index in [0.29, 0.717) is 5.56 Å². The molecule has 0 fully saturated rings. The van der Waals surface area contributed by atoms with Crippen LogP contribution in [0.2, 0.25) is 0 Å². The molecular weight excluding hydrogens is 298 g/mol. The first kappa shape index (κ1) is 15.8. The summed E-state index contributed by atoms with van der Waals surface area (Å²) in [7, 11) is -5.58. The third-order valence-electron chi connectivity index (χ3n) is 2.25. The van der Waals surface area contributed by atoms with E-state index >= 15 is 0 Å². The van der Waals surface area contributed by atoms with Crippen LogP contribution in [0.25, 0.3) is 0 Å². The molecule has 0 aliphatic carbocycles. The normalized spacial score (nSPS) is 13.9. The third-order valence-corrected chi connectivity index (χ3v) is 4.34. The summed E-state index contributed by atoms with van der Waals surface area (Å²) < 4.78 is 97.3. The van der Waals surface area contributed by atoms with E-state index < -0.39 is 32.3 Å². The molecule has 0 heterocycles. The number of hydrogen-bond acceptors (Lipinski definition) is 2. The van der Waals surface area contributed by atoms with Crippen LogP contribution in [0.3, 0.4) is 0 Å². The molecule has 0 N–H and O–H groups in total. The van der Waals surface area contributed by atoms with Gasteiger partial charge in [0, 0.05) is 0 Å². The summed E-state index contributed by atoms with van der Waals surface area (Å²) in [5.74, 6) is 0. The number of hydrogen-bond donors (Lipinski definition) is 0. The number of sulfone groups is 1. The first-order valence-corrected chi connectivity index (χ1v) is 6.35. The summed E-state index contributed by atoms with van der Waals surface area (Å²) in [6.45, 7) is 1.52. The molecule has 108 valence electrons. The lowest BCUT2D eigenvalue weighted by atomic mass is 10.2. The smallest absolute Gasteiger partial charge is 0.223 e. The molecule has 1 rings (SSSR count). The predicted molar refractivity (Wildman–Crippen MR) is 54.3 cm³/mol. The van der Waals surface area contributed by atoms with E-state index in [1.54, 1.807) is 0 Å². The van der Waals surface area contributed by atoms with Gasteiger partial charge in [0.15, 0.2) is 9.84 Å². The molecule has 0 saturated heterocycles. The highest BCUT2D eigenvalue weighted by Gasteiger charge is 2.64. The molecule has 0 amide bonds.